The molecule has 3 N–H and O–H groups in total. The summed E-state index contributed by atoms with van der Waals surface area (Å²) in [5.74, 6) is -0.0646. The largest absolute Gasteiger partial charge is 0.466 e. The number of rotatable bonds is 71. The average molecular weight is 1190 g/mol. The van der Waals surface area contributed by atoms with E-state index in [0.717, 1.165) is 57.8 Å². The summed E-state index contributed by atoms with van der Waals surface area (Å²) >= 11 is 0. The fourth-order valence-corrected chi connectivity index (χ4v) is 11.7. The summed E-state index contributed by atoms with van der Waals surface area (Å²) < 4.78 is 5.49. The standard InChI is InChI=1S/C79H147NO5/c1-3-5-7-9-11-13-15-17-19-21-22-34-37-40-43-47-51-55-59-63-67-71-77(82)76(75-81)80-78(83)72-68-64-60-56-52-48-44-41-38-35-32-30-28-26-24-23-25-27-29-31-33-36-39-42-46-50-54-58-62-66-70-74-85-79(84)73-69-65-61-57-53-49-45-20-18-16-14-12-10-8-6-4-2/h14,16,20,25,27,31,33,45,67,71,76-77,81-82H,3-13,15,17-19,21-24,26,28-30,32,34-44,46-66,68-70,72-75H2,1-2H3,(H,80,83)/b16-14-,27-25-,33-31-,45-20-,71-67+. The second kappa shape index (κ2) is 74.0. The monoisotopic (exact) mass is 1190 g/mol. The van der Waals surface area contributed by atoms with Gasteiger partial charge in [0.1, 0.15) is 0 Å². The molecule has 0 saturated carbocycles. The number of nitrogens with one attached hydrogen (secondary N) is 1. The van der Waals surface area contributed by atoms with Crippen molar-refractivity contribution in [3.8, 4) is 0 Å². The number of unbranched alkanes of at least 4 members (excludes halogenated alkanes) is 52. The first-order chi connectivity index (χ1) is 42.0. The molecule has 0 radical (unpaired) electrons. The van der Waals surface area contributed by atoms with Crippen molar-refractivity contribution in [2.45, 2.75) is 418 Å². The van der Waals surface area contributed by atoms with Crippen LogP contribution < -0.4 is 5.32 Å². The van der Waals surface area contributed by atoms with Gasteiger partial charge in [-0.25, -0.2) is 0 Å². The van der Waals surface area contributed by atoms with Crippen LogP contribution in [0.5, 0.6) is 0 Å². The second-order valence-electron chi connectivity index (χ2n) is 26.0. The Hall–Kier alpha value is -2.44. The zero-order valence-corrected chi connectivity index (χ0v) is 57.1. The highest BCUT2D eigenvalue weighted by Gasteiger charge is 2.18. The van der Waals surface area contributed by atoms with Crippen molar-refractivity contribution in [1.82, 2.24) is 5.32 Å². The summed E-state index contributed by atoms with van der Waals surface area (Å²) in [5.41, 5.74) is 0. The minimum atomic E-state index is -0.846. The van der Waals surface area contributed by atoms with Crippen molar-refractivity contribution < 1.29 is 24.5 Å². The molecule has 2 atom stereocenters. The number of ether oxygens (including phenoxy) is 1. The molecular formula is C79H147NO5. The first-order valence-corrected chi connectivity index (χ1v) is 38.1. The molecule has 498 valence electrons. The van der Waals surface area contributed by atoms with Crippen molar-refractivity contribution in [3.63, 3.8) is 0 Å². The van der Waals surface area contributed by atoms with E-state index in [1.54, 1.807) is 6.08 Å². The minimum Gasteiger partial charge on any atom is -0.466 e. The van der Waals surface area contributed by atoms with Crippen molar-refractivity contribution in [3.05, 3.63) is 60.8 Å². The summed E-state index contributed by atoms with van der Waals surface area (Å²) in [6.07, 6.45) is 98.9. The van der Waals surface area contributed by atoms with E-state index in [1.807, 2.05) is 6.08 Å². The zero-order valence-electron chi connectivity index (χ0n) is 57.1. The molecule has 2 unspecified atom stereocenters. The smallest absolute Gasteiger partial charge is 0.305 e. The van der Waals surface area contributed by atoms with Gasteiger partial charge in [0, 0.05) is 12.8 Å². The van der Waals surface area contributed by atoms with Crippen LogP contribution in [0.25, 0.3) is 0 Å². The number of hydrogen-bond acceptors (Lipinski definition) is 5. The Kier molecular flexibility index (Phi) is 71.9. The lowest BCUT2D eigenvalue weighted by atomic mass is 10.0. The van der Waals surface area contributed by atoms with Gasteiger partial charge < -0.3 is 20.3 Å². The molecule has 1 amide bonds. The zero-order chi connectivity index (χ0) is 61.3. The summed E-state index contributed by atoms with van der Waals surface area (Å²) in [5, 5.41) is 23.3. The summed E-state index contributed by atoms with van der Waals surface area (Å²) in [7, 11) is 0. The number of aliphatic hydroxyl groups excluding tert-OH is 2. The van der Waals surface area contributed by atoms with Crippen LogP contribution >= 0.6 is 0 Å². The van der Waals surface area contributed by atoms with Gasteiger partial charge in [-0.2, -0.15) is 0 Å². The van der Waals surface area contributed by atoms with Crippen LogP contribution in [0.3, 0.4) is 0 Å². The molecule has 6 heteroatoms. The molecule has 6 nitrogen and oxygen atoms in total. The van der Waals surface area contributed by atoms with E-state index in [2.05, 4.69) is 67.8 Å². The molecule has 0 fully saturated rings. The highest BCUT2D eigenvalue weighted by Crippen LogP contribution is 2.18. The molecule has 0 aliphatic heterocycles. The highest BCUT2D eigenvalue weighted by molar-refractivity contribution is 5.76. The molecule has 0 spiro atoms. The lowest BCUT2D eigenvalue weighted by Gasteiger charge is -2.20. The number of esters is 1. The quantitative estimate of drug-likeness (QED) is 0.0320. The maximum Gasteiger partial charge on any atom is 0.305 e. The molecule has 0 saturated heterocycles. The van der Waals surface area contributed by atoms with E-state index in [-0.39, 0.29) is 18.5 Å². The maximum absolute atomic E-state index is 12.5. The van der Waals surface area contributed by atoms with Crippen molar-refractivity contribution in [2.24, 2.45) is 0 Å². The first-order valence-electron chi connectivity index (χ1n) is 38.1. The van der Waals surface area contributed by atoms with Gasteiger partial charge in [0.05, 0.1) is 25.4 Å². The number of carbonyl (C=O) groups is 2. The van der Waals surface area contributed by atoms with Crippen molar-refractivity contribution in [2.75, 3.05) is 13.2 Å². The highest BCUT2D eigenvalue weighted by atomic mass is 16.5. The Labute approximate surface area is 530 Å². The van der Waals surface area contributed by atoms with E-state index in [0.29, 0.717) is 19.4 Å². The molecular weight excluding hydrogens is 1040 g/mol. The fourth-order valence-electron chi connectivity index (χ4n) is 11.7. The van der Waals surface area contributed by atoms with Crippen molar-refractivity contribution >= 4 is 11.9 Å². The number of allylic oxidation sites excluding steroid dienone is 9. The Bertz CT molecular complexity index is 1470. The lowest BCUT2D eigenvalue weighted by Crippen LogP contribution is -2.45. The van der Waals surface area contributed by atoms with Gasteiger partial charge in [-0.05, 0) is 96.3 Å². The Morgan fingerprint density at radius 2 is 0.588 bits per heavy atom. The first kappa shape index (κ1) is 82.6. The number of aliphatic hydroxyl groups is 2. The SMILES string of the molecule is CCCCCC/C=C\C/C=C\CCCCCCCC(=O)OCCCCCCCCCCC/C=C\C/C=C\CCCCCCCCCCCCCCCCCC(=O)NC(CO)C(O)/C=C/CCCCCCCCCCCCCCCCCCCCC. The van der Waals surface area contributed by atoms with E-state index >= 15 is 0 Å². The molecule has 0 aliphatic rings. The van der Waals surface area contributed by atoms with Gasteiger partial charge in [0.25, 0.3) is 0 Å². The minimum absolute atomic E-state index is 0.000513. The number of hydrogen-bond donors (Lipinski definition) is 3. The van der Waals surface area contributed by atoms with Crippen LogP contribution in [0.4, 0.5) is 0 Å². The molecule has 0 aromatic carbocycles. The van der Waals surface area contributed by atoms with Crippen LogP contribution in [-0.4, -0.2) is 47.4 Å². The van der Waals surface area contributed by atoms with Gasteiger partial charge in [-0.3, -0.25) is 9.59 Å². The van der Waals surface area contributed by atoms with Crippen LogP contribution in [0, 0.1) is 0 Å². The lowest BCUT2D eigenvalue weighted by molar-refractivity contribution is -0.143. The van der Waals surface area contributed by atoms with Crippen LogP contribution in [-0.2, 0) is 14.3 Å². The fraction of sp³-hybridized carbons (Fsp3) is 0.848. The van der Waals surface area contributed by atoms with E-state index in [9.17, 15) is 19.8 Å². The predicted molar refractivity (Wildman–Crippen MR) is 375 cm³/mol. The van der Waals surface area contributed by atoms with E-state index in [1.165, 1.54) is 321 Å². The normalized spacial score (nSPS) is 12.8. The van der Waals surface area contributed by atoms with Crippen LogP contribution in [0.2, 0.25) is 0 Å². The summed E-state index contributed by atoms with van der Waals surface area (Å²) in [6, 6.07) is -0.630. The third-order valence-corrected chi connectivity index (χ3v) is 17.5. The number of amides is 1. The Morgan fingerprint density at radius 1 is 0.329 bits per heavy atom. The molecule has 0 aliphatic carbocycles. The van der Waals surface area contributed by atoms with Gasteiger partial charge in [0.2, 0.25) is 5.91 Å². The third-order valence-electron chi connectivity index (χ3n) is 17.5. The summed E-state index contributed by atoms with van der Waals surface area (Å²) in [4.78, 5) is 24.6. The Morgan fingerprint density at radius 3 is 0.906 bits per heavy atom. The molecule has 0 bridgehead atoms. The Balaban J connectivity index is 3.42. The van der Waals surface area contributed by atoms with Crippen LogP contribution in [0.15, 0.2) is 60.8 Å². The third kappa shape index (κ3) is 70.5. The van der Waals surface area contributed by atoms with E-state index < -0.39 is 12.1 Å². The van der Waals surface area contributed by atoms with Gasteiger partial charge >= 0.3 is 5.97 Å². The number of carbonyl (C=O) groups excluding carboxylic acids is 2. The molecule has 0 aromatic rings. The topological polar surface area (TPSA) is 95.9 Å². The van der Waals surface area contributed by atoms with Crippen molar-refractivity contribution in [1.29, 1.82) is 0 Å². The molecule has 85 heavy (non-hydrogen) atoms. The maximum atomic E-state index is 12.5. The van der Waals surface area contributed by atoms with Gasteiger partial charge in [0.15, 0.2) is 0 Å². The van der Waals surface area contributed by atoms with Gasteiger partial charge in [-0.15, -0.1) is 0 Å². The molecule has 0 heterocycles. The van der Waals surface area contributed by atoms with Crippen LogP contribution in [0.1, 0.15) is 406 Å². The summed E-state index contributed by atoms with van der Waals surface area (Å²) in [6.45, 7) is 4.91. The average Bonchev–Trinajstić information content (AvgIpc) is 3.51. The van der Waals surface area contributed by atoms with E-state index in [4.69, 9.17) is 4.74 Å². The predicted octanol–water partition coefficient (Wildman–Crippen LogP) is 25.0. The molecule has 0 aromatic heterocycles. The van der Waals surface area contributed by atoms with Gasteiger partial charge in [-0.1, -0.05) is 357 Å². The molecule has 0 rings (SSSR count). The second-order valence-corrected chi connectivity index (χ2v) is 26.0.